The van der Waals surface area contributed by atoms with E-state index < -0.39 is 5.91 Å². The number of nitrogens with zero attached hydrogens (tertiary/aromatic N) is 2. The number of hydrogen-bond acceptors (Lipinski definition) is 6. The quantitative estimate of drug-likeness (QED) is 0.272. The molecular formula is C27H26N4O4. The van der Waals surface area contributed by atoms with Gasteiger partial charge in [0, 0.05) is 5.56 Å². The van der Waals surface area contributed by atoms with Gasteiger partial charge in [0.1, 0.15) is 18.1 Å². The molecule has 0 aliphatic heterocycles. The highest BCUT2D eigenvalue weighted by Crippen LogP contribution is 2.32. The van der Waals surface area contributed by atoms with Gasteiger partial charge in [-0.25, -0.2) is 5.43 Å². The molecule has 0 aliphatic rings. The van der Waals surface area contributed by atoms with E-state index in [0.717, 1.165) is 22.4 Å². The Balaban J connectivity index is 1.39. The summed E-state index contributed by atoms with van der Waals surface area (Å²) in [5.41, 5.74) is 7.25. The number of hydrazone groups is 1. The monoisotopic (exact) mass is 470 g/mol. The second kappa shape index (κ2) is 11.0. The highest BCUT2D eigenvalue weighted by molar-refractivity contribution is 5.94. The van der Waals surface area contributed by atoms with E-state index in [9.17, 15) is 4.79 Å². The molecule has 0 unspecified atom stereocenters. The van der Waals surface area contributed by atoms with Crippen LogP contribution >= 0.6 is 0 Å². The predicted octanol–water partition coefficient (Wildman–Crippen LogP) is 4.75. The van der Waals surface area contributed by atoms with Crippen molar-refractivity contribution < 1.29 is 19.0 Å². The van der Waals surface area contributed by atoms with Gasteiger partial charge >= 0.3 is 0 Å². The van der Waals surface area contributed by atoms with Crippen molar-refractivity contribution in [2.75, 3.05) is 14.2 Å². The molecule has 4 aromatic rings. The predicted molar refractivity (Wildman–Crippen MR) is 134 cm³/mol. The number of carbonyl (C=O) groups excluding carboxylic acids is 1. The first-order valence-electron chi connectivity index (χ1n) is 11.0. The molecule has 3 aromatic carbocycles. The minimum atomic E-state index is -0.404. The first-order valence-corrected chi connectivity index (χ1v) is 11.0. The first kappa shape index (κ1) is 23.6. The summed E-state index contributed by atoms with van der Waals surface area (Å²) >= 11 is 0. The van der Waals surface area contributed by atoms with Crippen molar-refractivity contribution in [1.82, 2.24) is 15.6 Å². The molecule has 0 spiro atoms. The molecule has 178 valence electrons. The molecular weight excluding hydrogens is 444 g/mol. The Morgan fingerprint density at radius 1 is 0.971 bits per heavy atom. The molecule has 0 atom stereocenters. The average Bonchev–Trinajstić information content (AvgIpc) is 3.39. The van der Waals surface area contributed by atoms with Gasteiger partial charge < -0.3 is 14.2 Å². The standard InChI is InChI=1S/C27H26N4O4/c1-18-4-6-20(7-5-18)17-35-25-13-10-21(14-26(25)34-3)23-15-24(30-29-23)27(32)31-28-16-19-8-11-22(33-2)12-9-19/h4-16H,17H2,1-3H3,(H,29,30)(H,31,32)/b28-16+. The number of aromatic amines is 1. The molecule has 8 nitrogen and oxygen atoms in total. The number of nitrogens with one attached hydrogen (secondary N) is 2. The van der Waals surface area contributed by atoms with Gasteiger partial charge in [-0.15, -0.1) is 0 Å². The average molecular weight is 471 g/mol. The van der Waals surface area contributed by atoms with Gasteiger partial charge in [0.15, 0.2) is 11.5 Å². The van der Waals surface area contributed by atoms with Crippen molar-refractivity contribution in [2.45, 2.75) is 13.5 Å². The van der Waals surface area contributed by atoms with Crippen LogP contribution in [0.1, 0.15) is 27.2 Å². The Bertz CT molecular complexity index is 1310. The largest absolute Gasteiger partial charge is 0.497 e. The smallest absolute Gasteiger partial charge is 0.289 e. The Morgan fingerprint density at radius 2 is 1.74 bits per heavy atom. The van der Waals surface area contributed by atoms with E-state index in [1.807, 2.05) is 61.5 Å². The van der Waals surface area contributed by atoms with Gasteiger partial charge in [-0.05, 0) is 66.6 Å². The van der Waals surface area contributed by atoms with Crippen molar-refractivity contribution in [1.29, 1.82) is 0 Å². The summed E-state index contributed by atoms with van der Waals surface area (Å²) in [5, 5.41) is 11.0. The van der Waals surface area contributed by atoms with Crippen molar-refractivity contribution in [3.8, 4) is 28.5 Å². The molecule has 1 aromatic heterocycles. The summed E-state index contributed by atoms with van der Waals surface area (Å²) < 4.78 is 16.6. The molecule has 1 amide bonds. The molecule has 0 aliphatic carbocycles. The number of H-pyrrole nitrogens is 1. The number of aryl methyl sites for hydroxylation is 1. The Labute approximate surface area is 203 Å². The fourth-order valence-electron chi connectivity index (χ4n) is 3.29. The summed E-state index contributed by atoms with van der Waals surface area (Å²) in [7, 11) is 3.19. The van der Waals surface area contributed by atoms with Crippen LogP contribution in [-0.2, 0) is 6.61 Å². The van der Waals surface area contributed by atoms with Crippen LogP contribution in [0.15, 0.2) is 77.9 Å². The van der Waals surface area contributed by atoms with Gasteiger partial charge in [0.2, 0.25) is 0 Å². The van der Waals surface area contributed by atoms with Crippen LogP contribution in [0.2, 0.25) is 0 Å². The van der Waals surface area contributed by atoms with E-state index in [2.05, 4.69) is 32.9 Å². The van der Waals surface area contributed by atoms with Crippen LogP contribution in [0, 0.1) is 6.92 Å². The third-order valence-corrected chi connectivity index (χ3v) is 5.29. The highest BCUT2D eigenvalue weighted by Gasteiger charge is 2.13. The van der Waals surface area contributed by atoms with Gasteiger partial charge in [0.05, 0.1) is 26.1 Å². The number of carbonyl (C=O) groups is 1. The van der Waals surface area contributed by atoms with Gasteiger partial charge in [-0.3, -0.25) is 9.89 Å². The second-order valence-corrected chi connectivity index (χ2v) is 7.78. The normalized spacial score (nSPS) is 10.8. The van der Waals surface area contributed by atoms with E-state index in [-0.39, 0.29) is 5.69 Å². The van der Waals surface area contributed by atoms with Crippen molar-refractivity contribution >= 4 is 12.1 Å². The maximum Gasteiger partial charge on any atom is 0.289 e. The zero-order valence-electron chi connectivity index (χ0n) is 19.7. The summed E-state index contributed by atoms with van der Waals surface area (Å²) in [6, 6.07) is 22.7. The topological polar surface area (TPSA) is 97.8 Å². The zero-order chi connectivity index (χ0) is 24.6. The number of benzene rings is 3. The number of ether oxygens (including phenoxy) is 3. The van der Waals surface area contributed by atoms with E-state index in [4.69, 9.17) is 14.2 Å². The van der Waals surface area contributed by atoms with E-state index in [1.165, 1.54) is 5.56 Å². The van der Waals surface area contributed by atoms with Crippen LogP contribution in [0.3, 0.4) is 0 Å². The Kier molecular flexibility index (Phi) is 7.42. The summed E-state index contributed by atoms with van der Waals surface area (Å²) in [5.74, 6) is 1.54. The molecule has 0 bridgehead atoms. The van der Waals surface area contributed by atoms with Gasteiger partial charge in [-0.2, -0.15) is 10.2 Å². The van der Waals surface area contributed by atoms with Crippen LogP contribution in [0.5, 0.6) is 17.2 Å². The Hall–Kier alpha value is -4.59. The third kappa shape index (κ3) is 6.05. The van der Waals surface area contributed by atoms with E-state index in [1.54, 1.807) is 26.5 Å². The third-order valence-electron chi connectivity index (χ3n) is 5.29. The lowest BCUT2D eigenvalue weighted by atomic mass is 10.1. The SMILES string of the molecule is COc1ccc(/C=N/NC(=O)c2cc(-c3ccc(OCc4ccc(C)cc4)c(OC)c3)n[nH]2)cc1. The minimum Gasteiger partial charge on any atom is -0.497 e. The number of methoxy groups -OCH3 is 2. The van der Waals surface area contributed by atoms with Gasteiger partial charge in [0.25, 0.3) is 5.91 Å². The summed E-state index contributed by atoms with van der Waals surface area (Å²) in [6.07, 6.45) is 1.55. The number of amides is 1. The van der Waals surface area contributed by atoms with Crippen LogP contribution in [-0.4, -0.2) is 36.5 Å². The minimum absolute atomic E-state index is 0.283. The molecule has 0 fully saturated rings. The lowest BCUT2D eigenvalue weighted by molar-refractivity contribution is 0.0950. The second-order valence-electron chi connectivity index (χ2n) is 7.78. The van der Waals surface area contributed by atoms with Crippen LogP contribution < -0.4 is 19.6 Å². The number of aromatic nitrogens is 2. The number of hydrogen-bond donors (Lipinski definition) is 2. The van der Waals surface area contributed by atoms with Crippen molar-refractivity contribution in [3.63, 3.8) is 0 Å². The van der Waals surface area contributed by atoms with E-state index in [0.29, 0.717) is 23.8 Å². The number of rotatable bonds is 9. The molecule has 35 heavy (non-hydrogen) atoms. The molecule has 2 N–H and O–H groups in total. The van der Waals surface area contributed by atoms with E-state index >= 15 is 0 Å². The van der Waals surface area contributed by atoms with Crippen LogP contribution in [0.25, 0.3) is 11.3 Å². The van der Waals surface area contributed by atoms with Crippen molar-refractivity contribution in [2.24, 2.45) is 5.10 Å². The lowest BCUT2D eigenvalue weighted by Gasteiger charge is -2.12. The Morgan fingerprint density at radius 3 is 2.46 bits per heavy atom. The molecule has 8 heteroatoms. The molecule has 0 saturated carbocycles. The van der Waals surface area contributed by atoms with Crippen LogP contribution in [0.4, 0.5) is 0 Å². The molecule has 4 rings (SSSR count). The highest BCUT2D eigenvalue weighted by atomic mass is 16.5. The zero-order valence-corrected chi connectivity index (χ0v) is 19.7. The first-order chi connectivity index (χ1) is 17.1. The lowest BCUT2D eigenvalue weighted by Crippen LogP contribution is -2.17. The molecule has 0 saturated heterocycles. The summed E-state index contributed by atoms with van der Waals surface area (Å²) in [4.78, 5) is 12.4. The fourth-order valence-corrected chi connectivity index (χ4v) is 3.29. The van der Waals surface area contributed by atoms with Gasteiger partial charge in [-0.1, -0.05) is 29.8 Å². The summed E-state index contributed by atoms with van der Waals surface area (Å²) in [6.45, 7) is 2.48. The fraction of sp³-hybridized carbons (Fsp3) is 0.148. The molecule has 0 radical (unpaired) electrons. The maximum atomic E-state index is 12.4. The maximum absolute atomic E-state index is 12.4. The molecule has 1 heterocycles. The van der Waals surface area contributed by atoms with Crippen molar-refractivity contribution in [3.05, 3.63) is 95.2 Å².